The van der Waals surface area contributed by atoms with Gasteiger partial charge in [0.05, 0.1) is 5.60 Å². The number of ether oxygens (including phenoxy) is 1. The number of hydrogen-bond donors (Lipinski definition) is 1. The second-order valence-corrected chi connectivity index (χ2v) is 7.18. The first-order valence-corrected chi connectivity index (χ1v) is 8.74. The van der Waals surface area contributed by atoms with Gasteiger partial charge in [0.1, 0.15) is 0 Å². The van der Waals surface area contributed by atoms with E-state index >= 15 is 0 Å². The molecule has 0 aromatic carbocycles. The van der Waals surface area contributed by atoms with E-state index in [1.165, 1.54) is 83.6 Å². The summed E-state index contributed by atoms with van der Waals surface area (Å²) < 4.78 is 6.10. The summed E-state index contributed by atoms with van der Waals surface area (Å²) >= 11 is 0. The minimum atomic E-state index is 0.279. The molecule has 2 nitrogen and oxygen atoms in total. The van der Waals surface area contributed by atoms with Gasteiger partial charge in [-0.3, -0.25) is 0 Å². The predicted octanol–water partition coefficient (Wildman–Crippen LogP) is 4.04. The lowest BCUT2D eigenvalue weighted by atomic mass is 9.89. The minimum Gasteiger partial charge on any atom is -0.375 e. The van der Waals surface area contributed by atoms with E-state index < -0.39 is 0 Å². The molecule has 0 radical (unpaired) electrons. The van der Waals surface area contributed by atoms with Crippen LogP contribution in [0, 0.1) is 5.92 Å². The zero-order valence-electron chi connectivity index (χ0n) is 12.5. The molecule has 110 valence electrons. The zero-order chi connectivity index (χ0) is 13.0. The second-order valence-electron chi connectivity index (χ2n) is 7.18. The molecule has 0 bridgehead atoms. The second kappa shape index (κ2) is 6.58. The first-order chi connectivity index (χ1) is 9.36. The lowest BCUT2D eigenvalue weighted by Crippen LogP contribution is -2.45. The maximum atomic E-state index is 6.10. The molecule has 1 spiro atoms. The number of rotatable bonds is 5. The molecule has 3 aliphatic rings. The molecule has 2 heteroatoms. The number of nitrogens with one attached hydrogen (secondary N) is 1. The molecule has 1 atom stereocenters. The molecule has 1 aliphatic heterocycles. The molecule has 2 saturated carbocycles. The quantitative estimate of drug-likeness (QED) is 0.758. The van der Waals surface area contributed by atoms with E-state index in [0.29, 0.717) is 0 Å². The first kappa shape index (κ1) is 13.9. The van der Waals surface area contributed by atoms with Crippen LogP contribution in [0.5, 0.6) is 0 Å². The predicted molar refractivity (Wildman–Crippen MR) is 79.4 cm³/mol. The molecule has 0 amide bonds. The lowest BCUT2D eigenvalue weighted by Gasteiger charge is -2.38. The Morgan fingerprint density at radius 1 is 1.00 bits per heavy atom. The molecule has 0 aromatic rings. The van der Waals surface area contributed by atoms with Crippen molar-refractivity contribution in [2.24, 2.45) is 5.92 Å². The van der Waals surface area contributed by atoms with Crippen molar-refractivity contribution in [3.63, 3.8) is 0 Å². The Kier molecular flexibility index (Phi) is 4.81. The highest BCUT2D eigenvalue weighted by Crippen LogP contribution is 2.40. The molecular formula is C17H31NO. The minimum absolute atomic E-state index is 0.279. The monoisotopic (exact) mass is 265 g/mol. The van der Waals surface area contributed by atoms with Gasteiger partial charge in [0.15, 0.2) is 0 Å². The maximum Gasteiger partial charge on any atom is 0.0697 e. The Labute approximate surface area is 118 Å². The smallest absolute Gasteiger partial charge is 0.0697 e. The summed E-state index contributed by atoms with van der Waals surface area (Å²) in [6.45, 7) is 2.22. The maximum absolute atomic E-state index is 6.10. The van der Waals surface area contributed by atoms with E-state index in [0.717, 1.165) is 18.6 Å². The molecule has 19 heavy (non-hydrogen) atoms. The van der Waals surface area contributed by atoms with Gasteiger partial charge in [-0.1, -0.05) is 38.5 Å². The van der Waals surface area contributed by atoms with Crippen molar-refractivity contribution in [3.05, 3.63) is 0 Å². The van der Waals surface area contributed by atoms with Crippen LogP contribution in [0.2, 0.25) is 0 Å². The Balaban J connectivity index is 1.33. The lowest BCUT2D eigenvalue weighted by molar-refractivity contribution is -0.0835. The third-order valence-corrected chi connectivity index (χ3v) is 5.70. The van der Waals surface area contributed by atoms with Crippen LogP contribution in [-0.2, 0) is 4.74 Å². The first-order valence-electron chi connectivity index (χ1n) is 8.74. The molecule has 2 aliphatic carbocycles. The fraction of sp³-hybridized carbons (Fsp3) is 1.00. The molecule has 3 fully saturated rings. The normalized spacial score (nSPS) is 31.3. The molecule has 1 N–H and O–H groups in total. The van der Waals surface area contributed by atoms with Gasteiger partial charge in [-0.2, -0.15) is 0 Å². The van der Waals surface area contributed by atoms with E-state index in [1.54, 1.807) is 0 Å². The van der Waals surface area contributed by atoms with Gasteiger partial charge in [-0.15, -0.1) is 0 Å². The van der Waals surface area contributed by atoms with E-state index in [9.17, 15) is 0 Å². The van der Waals surface area contributed by atoms with Crippen LogP contribution >= 0.6 is 0 Å². The molecule has 3 rings (SSSR count). The highest BCUT2D eigenvalue weighted by Gasteiger charge is 2.39. The van der Waals surface area contributed by atoms with Crippen LogP contribution < -0.4 is 5.32 Å². The molecule has 1 heterocycles. The standard InChI is InChI=1S/C17H31NO/c1-2-7-15(6-1)8-5-12-18-16-9-13-19-17(14-16)10-3-4-11-17/h15-16,18H,1-14H2. The Hall–Kier alpha value is -0.0800. The van der Waals surface area contributed by atoms with Crippen molar-refractivity contribution in [1.29, 1.82) is 0 Å². The molecule has 1 unspecified atom stereocenters. The third kappa shape index (κ3) is 3.72. The summed E-state index contributed by atoms with van der Waals surface area (Å²) in [7, 11) is 0. The van der Waals surface area contributed by atoms with E-state index in [1.807, 2.05) is 0 Å². The number of hydrogen-bond acceptors (Lipinski definition) is 2. The summed E-state index contributed by atoms with van der Waals surface area (Å²) in [5.41, 5.74) is 0.279. The summed E-state index contributed by atoms with van der Waals surface area (Å²) in [4.78, 5) is 0. The van der Waals surface area contributed by atoms with Crippen LogP contribution in [0.25, 0.3) is 0 Å². The highest BCUT2D eigenvalue weighted by atomic mass is 16.5. The molecule has 0 aromatic heterocycles. The summed E-state index contributed by atoms with van der Waals surface area (Å²) in [5, 5.41) is 3.82. The van der Waals surface area contributed by atoms with Gasteiger partial charge in [0.2, 0.25) is 0 Å². The third-order valence-electron chi connectivity index (χ3n) is 5.70. The Morgan fingerprint density at radius 2 is 1.79 bits per heavy atom. The fourth-order valence-electron chi connectivity index (χ4n) is 4.57. The van der Waals surface area contributed by atoms with Gasteiger partial charge in [0, 0.05) is 12.6 Å². The van der Waals surface area contributed by atoms with Crippen molar-refractivity contribution < 1.29 is 4.74 Å². The van der Waals surface area contributed by atoms with Gasteiger partial charge < -0.3 is 10.1 Å². The van der Waals surface area contributed by atoms with Crippen molar-refractivity contribution in [1.82, 2.24) is 5.32 Å². The van der Waals surface area contributed by atoms with E-state index in [4.69, 9.17) is 4.74 Å². The van der Waals surface area contributed by atoms with Crippen LogP contribution in [-0.4, -0.2) is 24.8 Å². The van der Waals surface area contributed by atoms with Gasteiger partial charge in [0.25, 0.3) is 0 Å². The van der Waals surface area contributed by atoms with E-state index in [-0.39, 0.29) is 5.60 Å². The van der Waals surface area contributed by atoms with Gasteiger partial charge in [-0.25, -0.2) is 0 Å². The molecular weight excluding hydrogens is 234 g/mol. The van der Waals surface area contributed by atoms with Gasteiger partial charge >= 0.3 is 0 Å². The largest absolute Gasteiger partial charge is 0.375 e. The van der Waals surface area contributed by atoms with Crippen molar-refractivity contribution >= 4 is 0 Å². The SMILES string of the molecule is C1CCC(CCCNC2CCOC3(CCCC3)C2)C1. The van der Waals surface area contributed by atoms with Crippen molar-refractivity contribution in [3.8, 4) is 0 Å². The fourth-order valence-corrected chi connectivity index (χ4v) is 4.57. The van der Waals surface area contributed by atoms with Crippen LogP contribution in [0.3, 0.4) is 0 Å². The van der Waals surface area contributed by atoms with Crippen LogP contribution in [0.15, 0.2) is 0 Å². The Morgan fingerprint density at radius 3 is 2.58 bits per heavy atom. The van der Waals surface area contributed by atoms with Crippen molar-refractivity contribution in [2.45, 2.75) is 88.7 Å². The molecule has 1 saturated heterocycles. The Bertz CT molecular complexity index is 266. The summed E-state index contributed by atoms with van der Waals surface area (Å²) in [6, 6.07) is 0.732. The van der Waals surface area contributed by atoms with Gasteiger partial charge in [-0.05, 0) is 51.0 Å². The summed E-state index contributed by atoms with van der Waals surface area (Å²) in [6.07, 6.45) is 16.7. The average Bonchev–Trinajstić information content (AvgIpc) is 3.07. The topological polar surface area (TPSA) is 21.3 Å². The average molecular weight is 265 g/mol. The summed E-state index contributed by atoms with van der Waals surface area (Å²) in [5.74, 6) is 1.05. The van der Waals surface area contributed by atoms with Crippen molar-refractivity contribution in [2.75, 3.05) is 13.2 Å². The zero-order valence-corrected chi connectivity index (χ0v) is 12.5. The van der Waals surface area contributed by atoms with Crippen LogP contribution in [0.1, 0.15) is 77.0 Å². The van der Waals surface area contributed by atoms with Crippen LogP contribution in [0.4, 0.5) is 0 Å². The van der Waals surface area contributed by atoms with E-state index in [2.05, 4.69) is 5.32 Å². The highest BCUT2D eigenvalue weighted by molar-refractivity contribution is 4.93.